The highest BCUT2D eigenvalue weighted by atomic mass is 32.2. The molecule has 0 spiro atoms. The minimum atomic E-state index is -3.64. The van der Waals surface area contributed by atoms with Crippen LogP contribution in [0.1, 0.15) is 36.2 Å². The summed E-state index contributed by atoms with van der Waals surface area (Å²) < 4.78 is 27.2. The van der Waals surface area contributed by atoms with Crippen molar-refractivity contribution < 1.29 is 8.42 Å². The topological polar surface area (TPSA) is 114 Å². The zero-order chi connectivity index (χ0) is 21.0. The van der Waals surface area contributed by atoms with Gasteiger partial charge < -0.3 is 4.90 Å². The molecule has 2 aromatic rings. The monoisotopic (exact) mass is 410 g/mol. The lowest BCUT2D eigenvalue weighted by Gasteiger charge is -2.35. The molecule has 1 fully saturated rings. The first-order valence-corrected chi connectivity index (χ1v) is 10.9. The van der Waals surface area contributed by atoms with E-state index in [1.165, 1.54) is 28.6 Å². The summed E-state index contributed by atoms with van der Waals surface area (Å²) in [5.74, 6) is 0.525. The van der Waals surface area contributed by atoms with Crippen molar-refractivity contribution in [3.8, 4) is 12.1 Å². The number of nitrogens with zero attached hydrogens (tertiary/aromatic N) is 6. The van der Waals surface area contributed by atoms with Gasteiger partial charge in [0.2, 0.25) is 10.0 Å². The second-order valence-electron chi connectivity index (χ2n) is 6.67. The predicted molar refractivity (Wildman–Crippen MR) is 108 cm³/mol. The van der Waals surface area contributed by atoms with Gasteiger partial charge >= 0.3 is 0 Å². The van der Waals surface area contributed by atoms with Gasteiger partial charge in [-0.3, -0.25) is 0 Å². The number of hydrogen-bond acceptors (Lipinski definition) is 7. The molecule has 2 heterocycles. The van der Waals surface area contributed by atoms with Gasteiger partial charge in [0.05, 0.1) is 22.2 Å². The summed E-state index contributed by atoms with van der Waals surface area (Å²) in [4.78, 5) is 2.10. The van der Waals surface area contributed by atoms with E-state index in [-0.39, 0.29) is 18.0 Å². The number of rotatable bonds is 5. The number of benzene rings is 1. The molecule has 0 radical (unpaired) electrons. The van der Waals surface area contributed by atoms with E-state index < -0.39 is 10.0 Å². The Morgan fingerprint density at radius 3 is 2.14 bits per heavy atom. The fourth-order valence-electron chi connectivity index (χ4n) is 3.49. The van der Waals surface area contributed by atoms with Crippen LogP contribution in [0, 0.1) is 22.7 Å². The molecule has 1 aromatic heterocycles. The van der Waals surface area contributed by atoms with Gasteiger partial charge in [-0.15, -0.1) is 5.10 Å². The first kappa shape index (κ1) is 20.7. The summed E-state index contributed by atoms with van der Waals surface area (Å²) >= 11 is 0. The molecule has 0 atom stereocenters. The molecule has 9 heteroatoms. The quantitative estimate of drug-likeness (QED) is 0.739. The summed E-state index contributed by atoms with van der Waals surface area (Å²) in [6.07, 6.45) is 1.41. The number of piperazine rings is 1. The summed E-state index contributed by atoms with van der Waals surface area (Å²) in [5, 5.41) is 27.1. The Labute approximate surface area is 171 Å². The maximum absolute atomic E-state index is 12.9. The minimum absolute atomic E-state index is 0.169. The SMILES string of the molecule is CCc1nnc(N2CCN(S(=O)(=O)c3ccc(C#N)cc3)CC2)c(C#N)c1CC. The zero-order valence-corrected chi connectivity index (χ0v) is 17.3. The van der Waals surface area contributed by atoms with Crippen LogP contribution in [-0.2, 0) is 22.9 Å². The standard InChI is InChI=1S/C20H22N6O2S/c1-3-17-18(14-22)20(24-23-19(17)4-2)25-9-11-26(12-10-25)29(27,28)16-7-5-15(13-21)6-8-16/h5-8H,3-4,9-12H2,1-2H3. The van der Waals surface area contributed by atoms with Crippen LogP contribution in [0.15, 0.2) is 29.2 Å². The third-order valence-electron chi connectivity index (χ3n) is 5.10. The Bertz CT molecular complexity index is 1080. The average molecular weight is 411 g/mol. The van der Waals surface area contributed by atoms with Crippen LogP contribution in [0.3, 0.4) is 0 Å². The van der Waals surface area contributed by atoms with E-state index in [1.54, 1.807) is 0 Å². The summed E-state index contributed by atoms with van der Waals surface area (Å²) in [6.45, 7) is 5.39. The van der Waals surface area contributed by atoms with E-state index in [0.29, 0.717) is 42.9 Å². The Morgan fingerprint density at radius 2 is 1.62 bits per heavy atom. The van der Waals surface area contributed by atoms with Gasteiger partial charge in [0.25, 0.3) is 0 Å². The minimum Gasteiger partial charge on any atom is -0.351 e. The van der Waals surface area contributed by atoms with Crippen molar-refractivity contribution in [2.75, 3.05) is 31.1 Å². The van der Waals surface area contributed by atoms with E-state index >= 15 is 0 Å². The van der Waals surface area contributed by atoms with Crippen LogP contribution in [0.2, 0.25) is 0 Å². The second-order valence-corrected chi connectivity index (χ2v) is 8.61. The van der Waals surface area contributed by atoms with Crippen molar-refractivity contribution in [3.05, 3.63) is 46.6 Å². The first-order valence-electron chi connectivity index (χ1n) is 9.50. The van der Waals surface area contributed by atoms with Crippen LogP contribution in [0.4, 0.5) is 5.82 Å². The van der Waals surface area contributed by atoms with Gasteiger partial charge in [0, 0.05) is 26.2 Å². The molecule has 0 bridgehead atoms. The number of nitriles is 2. The van der Waals surface area contributed by atoms with Crippen LogP contribution >= 0.6 is 0 Å². The summed E-state index contributed by atoms with van der Waals surface area (Å²) in [5.41, 5.74) is 2.68. The van der Waals surface area contributed by atoms with Crippen molar-refractivity contribution in [1.29, 1.82) is 10.5 Å². The fraction of sp³-hybridized carbons (Fsp3) is 0.400. The molecule has 1 saturated heterocycles. The van der Waals surface area contributed by atoms with Gasteiger partial charge in [-0.1, -0.05) is 13.8 Å². The third-order valence-corrected chi connectivity index (χ3v) is 7.01. The number of hydrogen-bond donors (Lipinski definition) is 0. The van der Waals surface area contributed by atoms with E-state index in [9.17, 15) is 13.7 Å². The lowest BCUT2D eigenvalue weighted by molar-refractivity contribution is 0.383. The largest absolute Gasteiger partial charge is 0.351 e. The Hall–Kier alpha value is -3.01. The molecule has 3 rings (SSSR count). The second kappa shape index (κ2) is 8.56. The first-order chi connectivity index (χ1) is 14.0. The molecule has 0 amide bonds. The van der Waals surface area contributed by atoms with Gasteiger partial charge in [-0.05, 0) is 42.7 Å². The van der Waals surface area contributed by atoms with Crippen LogP contribution in [-0.4, -0.2) is 49.1 Å². The highest BCUT2D eigenvalue weighted by Gasteiger charge is 2.30. The maximum Gasteiger partial charge on any atom is 0.243 e. The molecule has 150 valence electrons. The van der Waals surface area contributed by atoms with E-state index in [4.69, 9.17) is 5.26 Å². The maximum atomic E-state index is 12.9. The normalized spacial score (nSPS) is 15.0. The van der Waals surface area contributed by atoms with Crippen molar-refractivity contribution in [2.24, 2.45) is 0 Å². The molecule has 0 saturated carbocycles. The van der Waals surface area contributed by atoms with Crippen molar-refractivity contribution in [3.63, 3.8) is 0 Å². The highest BCUT2D eigenvalue weighted by molar-refractivity contribution is 7.89. The van der Waals surface area contributed by atoms with Crippen molar-refractivity contribution in [1.82, 2.24) is 14.5 Å². The number of anilines is 1. The van der Waals surface area contributed by atoms with Gasteiger partial charge in [-0.2, -0.15) is 19.9 Å². The number of aromatic nitrogens is 2. The van der Waals surface area contributed by atoms with E-state index in [2.05, 4.69) is 16.3 Å². The van der Waals surface area contributed by atoms with Gasteiger partial charge in [0.1, 0.15) is 11.6 Å². The summed E-state index contributed by atoms with van der Waals surface area (Å²) in [7, 11) is -3.64. The van der Waals surface area contributed by atoms with E-state index in [0.717, 1.165) is 11.3 Å². The lowest BCUT2D eigenvalue weighted by atomic mass is 10.0. The van der Waals surface area contributed by atoms with Crippen LogP contribution < -0.4 is 4.90 Å². The molecule has 0 unspecified atom stereocenters. The van der Waals surface area contributed by atoms with Crippen molar-refractivity contribution >= 4 is 15.8 Å². The van der Waals surface area contributed by atoms with Crippen LogP contribution in [0.25, 0.3) is 0 Å². The predicted octanol–water partition coefficient (Wildman–Crippen LogP) is 1.86. The Morgan fingerprint density at radius 1 is 0.966 bits per heavy atom. The number of aryl methyl sites for hydroxylation is 1. The molecular formula is C20H22N6O2S. The van der Waals surface area contributed by atoms with Crippen LogP contribution in [0.5, 0.6) is 0 Å². The smallest absolute Gasteiger partial charge is 0.243 e. The van der Waals surface area contributed by atoms with Gasteiger partial charge in [0.15, 0.2) is 5.82 Å². The molecule has 1 aromatic carbocycles. The fourth-order valence-corrected chi connectivity index (χ4v) is 4.91. The lowest BCUT2D eigenvalue weighted by Crippen LogP contribution is -2.49. The third kappa shape index (κ3) is 3.93. The number of sulfonamides is 1. The zero-order valence-electron chi connectivity index (χ0n) is 16.5. The average Bonchev–Trinajstić information content (AvgIpc) is 2.77. The molecule has 0 aliphatic carbocycles. The molecule has 0 N–H and O–H groups in total. The molecule has 8 nitrogen and oxygen atoms in total. The summed E-state index contributed by atoms with van der Waals surface area (Å²) in [6, 6.07) is 10.2. The Kier molecular flexibility index (Phi) is 6.12. The molecule has 1 aliphatic heterocycles. The van der Waals surface area contributed by atoms with Crippen molar-refractivity contribution in [2.45, 2.75) is 31.6 Å². The molecular weight excluding hydrogens is 388 g/mol. The molecule has 1 aliphatic rings. The van der Waals surface area contributed by atoms with E-state index in [1.807, 2.05) is 24.8 Å². The van der Waals surface area contributed by atoms with Gasteiger partial charge in [-0.25, -0.2) is 8.42 Å². The Balaban J connectivity index is 1.80. The molecule has 29 heavy (non-hydrogen) atoms. The highest BCUT2D eigenvalue weighted by Crippen LogP contribution is 2.25.